The van der Waals surface area contributed by atoms with Gasteiger partial charge in [-0.05, 0) is 25.3 Å². The minimum absolute atomic E-state index is 0.230. The molecule has 0 saturated heterocycles. The van der Waals surface area contributed by atoms with Crippen molar-refractivity contribution in [2.45, 2.75) is 44.6 Å². The Morgan fingerprint density at radius 1 is 1.22 bits per heavy atom. The van der Waals surface area contributed by atoms with Gasteiger partial charge >= 0.3 is 6.09 Å². The van der Waals surface area contributed by atoms with E-state index in [-0.39, 0.29) is 11.6 Å². The van der Waals surface area contributed by atoms with Crippen molar-refractivity contribution >= 4 is 6.09 Å². The first kappa shape index (κ1) is 12.9. The molecule has 0 aromatic heterocycles. The van der Waals surface area contributed by atoms with Gasteiger partial charge in [-0.15, -0.1) is 0 Å². The van der Waals surface area contributed by atoms with Gasteiger partial charge in [0, 0.05) is 0 Å². The predicted molar refractivity (Wildman–Crippen MR) is 71.4 cm³/mol. The summed E-state index contributed by atoms with van der Waals surface area (Å²) in [7, 11) is 0. The van der Waals surface area contributed by atoms with Crippen molar-refractivity contribution < 1.29 is 9.53 Å². The van der Waals surface area contributed by atoms with Gasteiger partial charge in [0.15, 0.2) is 0 Å². The molecule has 0 bridgehead atoms. The summed E-state index contributed by atoms with van der Waals surface area (Å²) < 4.78 is 5.04. The summed E-state index contributed by atoms with van der Waals surface area (Å²) >= 11 is 0. The molecule has 3 heteroatoms. The molecule has 0 unspecified atom stereocenters. The fourth-order valence-corrected chi connectivity index (χ4v) is 2.76. The van der Waals surface area contributed by atoms with E-state index in [0.29, 0.717) is 6.61 Å². The van der Waals surface area contributed by atoms with Crippen molar-refractivity contribution in [1.29, 1.82) is 0 Å². The molecule has 1 amide bonds. The molecule has 0 spiro atoms. The van der Waals surface area contributed by atoms with E-state index >= 15 is 0 Å². The van der Waals surface area contributed by atoms with E-state index in [1.54, 1.807) is 0 Å². The van der Waals surface area contributed by atoms with E-state index in [1.165, 1.54) is 12.0 Å². The summed E-state index contributed by atoms with van der Waals surface area (Å²) in [6, 6.07) is 10.2. The number of alkyl carbamates (subject to hydrolysis) is 1. The Hall–Kier alpha value is -1.51. The van der Waals surface area contributed by atoms with Crippen LogP contribution in [0.3, 0.4) is 0 Å². The summed E-state index contributed by atoms with van der Waals surface area (Å²) in [4.78, 5) is 11.8. The van der Waals surface area contributed by atoms with Crippen molar-refractivity contribution in [1.82, 2.24) is 5.32 Å². The number of carbonyl (C=O) groups is 1. The van der Waals surface area contributed by atoms with E-state index in [9.17, 15) is 4.79 Å². The highest BCUT2D eigenvalue weighted by atomic mass is 16.5. The Bertz CT molecular complexity index is 383. The smallest absolute Gasteiger partial charge is 0.407 e. The second-order valence-electron chi connectivity index (χ2n) is 4.85. The van der Waals surface area contributed by atoms with Crippen LogP contribution in [0, 0.1) is 0 Å². The molecule has 1 aromatic carbocycles. The van der Waals surface area contributed by atoms with E-state index in [4.69, 9.17) is 4.74 Å². The van der Waals surface area contributed by atoms with Gasteiger partial charge in [-0.1, -0.05) is 49.6 Å². The van der Waals surface area contributed by atoms with Gasteiger partial charge in [-0.25, -0.2) is 4.79 Å². The van der Waals surface area contributed by atoms with Crippen LogP contribution in [0.2, 0.25) is 0 Å². The number of hydrogen-bond donors (Lipinski definition) is 1. The minimum atomic E-state index is -0.303. The summed E-state index contributed by atoms with van der Waals surface area (Å²) in [5.74, 6) is 0. The molecule has 1 aliphatic carbocycles. The molecular weight excluding hydrogens is 226 g/mol. The van der Waals surface area contributed by atoms with Gasteiger partial charge in [-0.2, -0.15) is 0 Å². The molecule has 2 rings (SSSR count). The number of rotatable bonds is 3. The number of nitrogens with one attached hydrogen (secondary N) is 1. The second kappa shape index (κ2) is 5.89. The zero-order valence-electron chi connectivity index (χ0n) is 10.9. The molecule has 0 aliphatic heterocycles. The molecule has 1 aromatic rings. The van der Waals surface area contributed by atoms with Gasteiger partial charge < -0.3 is 10.1 Å². The molecule has 1 fully saturated rings. The maximum atomic E-state index is 11.8. The SMILES string of the molecule is CCOC(=O)NC1(c2ccccc2)CCCCC1. The molecule has 1 N–H and O–H groups in total. The predicted octanol–water partition coefficient (Wildman–Crippen LogP) is 3.59. The first-order valence-electron chi connectivity index (χ1n) is 6.77. The molecule has 3 nitrogen and oxygen atoms in total. The highest BCUT2D eigenvalue weighted by Crippen LogP contribution is 2.37. The number of hydrogen-bond acceptors (Lipinski definition) is 2. The Kier molecular flexibility index (Phi) is 4.24. The van der Waals surface area contributed by atoms with Crippen LogP contribution in [-0.2, 0) is 10.3 Å². The zero-order valence-corrected chi connectivity index (χ0v) is 10.9. The van der Waals surface area contributed by atoms with Crippen LogP contribution in [-0.4, -0.2) is 12.7 Å². The fourth-order valence-electron chi connectivity index (χ4n) is 2.76. The van der Waals surface area contributed by atoms with Crippen molar-refractivity contribution in [3.63, 3.8) is 0 Å². The van der Waals surface area contributed by atoms with Crippen molar-refractivity contribution in [2.24, 2.45) is 0 Å². The van der Waals surface area contributed by atoms with Gasteiger partial charge in [0.1, 0.15) is 0 Å². The van der Waals surface area contributed by atoms with Gasteiger partial charge in [0.2, 0.25) is 0 Å². The van der Waals surface area contributed by atoms with Crippen molar-refractivity contribution in [3.05, 3.63) is 35.9 Å². The third-order valence-electron chi connectivity index (χ3n) is 3.65. The van der Waals surface area contributed by atoms with Crippen molar-refractivity contribution in [3.8, 4) is 0 Å². The van der Waals surface area contributed by atoms with Crippen LogP contribution in [0.4, 0.5) is 4.79 Å². The number of benzene rings is 1. The molecule has 0 heterocycles. The Labute approximate surface area is 109 Å². The standard InChI is InChI=1S/C15H21NO2/c1-2-18-14(17)16-15(11-7-4-8-12-15)13-9-5-3-6-10-13/h3,5-6,9-10H,2,4,7-8,11-12H2,1H3,(H,16,17). The average molecular weight is 247 g/mol. The minimum Gasteiger partial charge on any atom is -0.450 e. The second-order valence-corrected chi connectivity index (χ2v) is 4.85. The van der Waals surface area contributed by atoms with E-state index in [2.05, 4.69) is 17.4 Å². The summed E-state index contributed by atoms with van der Waals surface area (Å²) in [6.07, 6.45) is 5.25. The average Bonchev–Trinajstić information content (AvgIpc) is 2.41. The summed E-state index contributed by atoms with van der Waals surface area (Å²) in [5, 5.41) is 3.09. The molecule has 0 atom stereocenters. The summed E-state index contributed by atoms with van der Waals surface area (Å²) in [6.45, 7) is 2.24. The number of amides is 1. The van der Waals surface area contributed by atoms with E-state index < -0.39 is 0 Å². The van der Waals surface area contributed by atoms with E-state index in [1.807, 2.05) is 25.1 Å². The monoisotopic (exact) mass is 247 g/mol. The molecular formula is C15H21NO2. The third-order valence-corrected chi connectivity index (χ3v) is 3.65. The van der Waals surface area contributed by atoms with Crippen LogP contribution in [0.25, 0.3) is 0 Å². The lowest BCUT2D eigenvalue weighted by atomic mass is 9.77. The lowest BCUT2D eigenvalue weighted by Gasteiger charge is -2.38. The zero-order chi connectivity index (χ0) is 12.8. The Morgan fingerprint density at radius 2 is 1.89 bits per heavy atom. The van der Waals surface area contributed by atoms with E-state index in [0.717, 1.165) is 25.7 Å². The Balaban J connectivity index is 2.20. The van der Waals surface area contributed by atoms with Crippen molar-refractivity contribution in [2.75, 3.05) is 6.61 Å². The van der Waals surface area contributed by atoms with Crippen LogP contribution in [0.15, 0.2) is 30.3 Å². The third kappa shape index (κ3) is 2.84. The molecule has 1 saturated carbocycles. The quantitative estimate of drug-likeness (QED) is 0.886. The topological polar surface area (TPSA) is 38.3 Å². The number of carbonyl (C=O) groups excluding carboxylic acids is 1. The van der Waals surface area contributed by atoms with Crippen LogP contribution in [0.1, 0.15) is 44.6 Å². The van der Waals surface area contributed by atoms with Crippen LogP contribution >= 0.6 is 0 Å². The molecule has 1 aliphatic rings. The Morgan fingerprint density at radius 3 is 2.50 bits per heavy atom. The number of ether oxygens (including phenoxy) is 1. The van der Waals surface area contributed by atoms with Gasteiger partial charge in [-0.3, -0.25) is 0 Å². The maximum absolute atomic E-state index is 11.8. The maximum Gasteiger partial charge on any atom is 0.407 e. The summed E-state index contributed by atoms with van der Waals surface area (Å²) in [5.41, 5.74) is 0.962. The van der Waals surface area contributed by atoms with Gasteiger partial charge in [0.05, 0.1) is 12.1 Å². The van der Waals surface area contributed by atoms with Crippen LogP contribution in [0.5, 0.6) is 0 Å². The molecule has 18 heavy (non-hydrogen) atoms. The molecule has 98 valence electrons. The highest BCUT2D eigenvalue weighted by molar-refractivity contribution is 5.68. The lowest BCUT2D eigenvalue weighted by Crippen LogP contribution is -2.47. The lowest BCUT2D eigenvalue weighted by molar-refractivity contribution is 0.127. The first-order chi connectivity index (χ1) is 8.77. The van der Waals surface area contributed by atoms with Crippen LogP contribution < -0.4 is 5.32 Å². The normalized spacial score (nSPS) is 18.1. The molecule has 0 radical (unpaired) electrons. The fraction of sp³-hybridized carbons (Fsp3) is 0.533. The largest absolute Gasteiger partial charge is 0.450 e. The van der Waals surface area contributed by atoms with Gasteiger partial charge in [0.25, 0.3) is 0 Å². The highest BCUT2D eigenvalue weighted by Gasteiger charge is 2.35. The first-order valence-corrected chi connectivity index (χ1v) is 6.77.